The summed E-state index contributed by atoms with van der Waals surface area (Å²) < 4.78 is 2.02. The van der Waals surface area contributed by atoms with Crippen LogP contribution in [0.4, 0.5) is 0 Å². The molecule has 0 radical (unpaired) electrons. The zero-order valence-electron chi connectivity index (χ0n) is 8.06. The fourth-order valence-corrected chi connectivity index (χ4v) is 2.54. The fourth-order valence-electron chi connectivity index (χ4n) is 1.20. The van der Waals surface area contributed by atoms with Gasteiger partial charge in [-0.05, 0) is 18.0 Å². The smallest absolute Gasteiger partial charge is 0.267 e. The van der Waals surface area contributed by atoms with E-state index in [1.54, 1.807) is 3.96 Å². The quantitative estimate of drug-likeness (QED) is 0.732. The zero-order valence-corrected chi connectivity index (χ0v) is 10.4. The van der Waals surface area contributed by atoms with E-state index < -0.39 is 0 Å². The van der Waals surface area contributed by atoms with Gasteiger partial charge >= 0.3 is 0 Å². The van der Waals surface area contributed by atoms with Gasteiger partial charge in [-0.15, -0.1) is 0 Å². The Morgan fingerprint density at radius 2 is 2.00 bits per heavy atom. The monoisotopic (exact) mass is 253 g/mol. The number of nitrogens with zero attached hydrogens (tertiary/aromatic N) is 1. The molecule has 0 saturated carbocycles. The molecule has 0 spiro atoms. The molecule has 0 amide bonds. The standard InChI is InChI=1S/C9H13Cl2NOS/c1-2-3-4-5-6-12-9(13)7(10)8(11)14-12/h2-6H2,1H3. The van der Waals surface area contributed by atoms with Crippen molar-refractivity contribution in [2.45, 2.75) is 39.2 Å². The molecule has 1 aromatic heterocycles. The van der Waals surface area contributed by atoms with Crippen molar-refractivity contribution in [1.82, 2.24) is 3.96 Å². The number of hydrogen-bond acceptors (Lipinski definition) is 2. The number of aromatic nitrogens is 1. The van der Waals surface area contributed by atoms with Gasteiger partial charge < -0.3 is 0 Å². The summed E-state index contributed by atoms with van der Waals surface area (Å²) in [4.78, 5) is 11.4. The van der Waals surface area contributed by atoms with Gasteiger partial charge in [-0.1, -0.05) is 49.4 Å². The van der Waals surface area contributed by atoms with E-state index >= 15 is 0 Å². The van der Waals surface area contributed by atoms with Crippen molar-refractivity contribution >= 4 is 34.7 Å². The zero-order chi connectivity index (χ0) is 10.6. The van der Waals surface area contributed by atoms with Crippen LogP contribution in [0.25, 0.3) is 0 Å². The lowest BCUT2D eigenvalue weighted by molar-refractivity contribution is 0.599. The van der Waals surface area contributed by atoms with Gasteiger partial charge in [-0.2, -0.15) is 0 Å². The van der Waals surface area contributed by atoms with Crippen LogP contribution < -0.4 is 5.56 Å². The highest BCUT2D eigenvalue weighted by Crippen LogP contribution is 2.23. The molecule has 0 unspecified atom stereocenters. The molecule has 5 heteroatoms. The third-order valence-corrected chi connectivity index (χ3v) is 3.88. The Hall–Kier alpha value is 0.01000. The lowest BCUT2D eigenvalue weighted by atomic mass is 10.2. The summed E-state index contributed by atoms with van der Waals surface area (Å²) in [5.74, 6) is 0. The minimum Gasteiger partial charge on any atom is -0.267 e. The molecule has 0 aliphatic carbocycles. The molecule has 0 atom stereocenters. The summed E-state index contributed by atoms with van der Waals surface area (Å²) in [5, 5.41) is 0.159. The molecule has 1 heterocycles. The molecule has 0 aromatic carbocycles. The second-order valence-electron chi connectivity index (χ2n) is 3.15. The highest BCUT2D eigenvalue weighted by molar-refractivity contribution is 7.11. The molecule has 0 saturated heterocycles. The van der Waals surface area contributed by atoms with Crippen LogP contribution in [-0.4, -0.2) is 3.96 Å². The number of hydrogen-bond donors (Lipinski definition) is 0. The molecule has 14 heavy (non-hydrogen) atoms. The van der Waals surface area contributed by atoms with E-state index in [4.69, 9.17) is 23.2 Å². The van der Waals surface area contributed by atoms with Crippen LogP contribution in [0.1, 0.15) is 32.6 Å². The Kier molecular flexibility index (Phi) is 4.99. The summed E-state index contributed by atoms with van der Waals surface area (Å²) in [5.41, 5.74) is -0.154. The summed E-state index contributed by atoms with van der Waals surface area (Å²) in [6.45, 7) is 2.89. The van der Waals surface area contributed by atoms with E-state index in [-0.39, 0.29) is 10.6 Å². The Morgan fingerprint density at radius 1 is 1.29 bits per heavy atom. The first-order chi connectivity index (χ1) is 6.66. The number of halogens is 2. The first-order valence-electron chi connectivity index (χ1n) is 4.72. The second kappa shape index (κ2) is 5.79. The SMILES string of the molecule is CCCCCCn1sc(Cl)c(Cl)c1=O. The molecular weight excluding hydrogens is 241 g/mol. The topological polar surface area (TPSA) is 22.0 Å². The molecule has 2 nitrogen and oxygen atoms in total. The Labute approximate surface area is 97.6 Å². The van der Waals surface area contributed by atoms with Crippen LogP contribution >= 0.6 is 34.7 Å². The fraction of sp³-hybridized carbons (Fsp3) is 0.667. The van der Waals surface area contributed by atoms with E-state index in [2.05, 4.69) is 6.92 Å². The maximum Gasteiger partial charge on any atom is 0.280 e. The number of unbranched alkanes of at least 4 members (excludes halogenated alkanes) is 3. The van der Waals surface area contributed by atoms with Gasteiger partial charge in [0.05, 0.1) is 0 Å². The average Bonchev–Trinajstić information content (AvgIpc) is 2.41. The van der Waals surface area contributed by atoms with Crippen molar-refractivity contribution in [2.75, 3.05) is 0 Å². The van der Waals surface area contributed by atoms with Gasteiger partial charge in [0.2, 0.25) is 0 Å². The van der Waals surface area contributed by atoms with Crippen LogP contribution in [-0.2, 0) is 6.54 Å². The maximum absolute atomic E-state index is 11.4. The Balaban J connectivity index is 2.51. The largest absolute Gasteiger partial charge is 0.280 e. The Morgan fingerprint density at radius 3 is 2.50 bits per heavy atom. The van der Waals surface area contributed by atoms with Crippen molar-refractivity contribution in [3.8, 4) is 0 Å². The molecular formula is C9H13Cl2NOS. The van der Waals surface area contributed by atoms with Gasteiger partial charge in [0.15, 0.2) is 0 Å². The summed E-state index contributed by atoms with van der Waals surface area (Å²) in [6.07, 6.45) is 4.57. The molecule has 0 N–H and O–H groups in total. The van der Waals surface area contributed by atoms with Gasteiger partial charge in [-0.25, -0.2) is 0 Å². The average molecular weight is 254 g/mol. The van der Waals surface area contributed by atoms with Gasteiger partial charge in [0.1, 0.15) is 9.36 Å². The van der Waals surface area contributed by atoms with Crippen LogP contribution in [0.2, 0.25) is 9.36 Å². The van der Waals surface area contributed by atoms with E-state index in [1.807, 2.05) is 0 Å². The van der Waals surface area contributed by atoms with Crippen LogP contribution in [0, 0.1) is 0 Å². The summed E-state index contributed by atoms with van der Waals surface area (Å²) >= 11 is 12.7. The molecule has 0 bridgehead atoms. The molecule has 1 aromatic rings. The van der Waals surface area contributed by atoms with E-state index in [1.165, 1.54) is 24.4 Å². The van der Waals surface area contributed by atoms with E-state index in [9.17, 15) is 4.79 Å². The van der Waals surface area contributed by atoms with Crippen molar-refractivity contribution < 1.29 is 0 Å². The van der Waals surface area contributed by atoms with Crippen LogP contribution in [0.15, 0.2) is 4.79 Å². The highest BCUT2D eigenvalue weighted by Gasteiger charge is 2.09. The Bertz CT molecular complexity index is 345. The van der Waals surface area contributed by atoms with E-state index in [0.29, 0.717) is 4.34 Å². The third-order valence-electron chi connectivity index (χ3n) is 1.99. The minimum atomic E-state index is -0.154. The predicted molar refractivity (Wildman–Crippen MR) is 62.7 cm³/mol. The van der Waals surface area contributed by atoms with Gasteiger partial charge in [-0.3, -0.25) is 8.75 Å². The van der Waals surface area contributed by atoms with Gasteiger partial charge in [0, 0.05) is 6.54 Å². The molecule has 0 aliphatic heterocycles. The van der Waals surface area contributed by atoms with Crippen molar-refractivity contribution in [3.05, 3.63) is 19.7 Å². The lowest BCUT2D eigenvalue weighted by Crippen LogP contribution is -2.13. The first-order valence-corrected chi connectivity index (χ1v) is 6.25. The minimum absolute atomic E-state index is 0.154. The van der Waals surface area contributed by atoms with Crippen LogP contribution in [0.5, 0.6) is 0 Å². The molecule has 0 fully saturated rings. The summed E-state index contributed by atoms with van der Waals surface area (Å²) in [7, 11) is 0. The number of rotatable bonds is 5. The number of aryl methyl sites for hydroxylation is 1. The molecule has 80 valence electrons. The van der Waals surface area contributed by atoms with Crippen molar-refractivity contribution in [3.63, 3.8) is 0 Å². The molecule has 1 rings (SSSR count). The normalized spacial score (nSPS) is 10.8. The first kappa shape index (κ1) is 12.1. The molecule has 0 aliphatic rings. The predicted octanol–water partition coefficient (Wildman–Crippen LogP) is 3.80. The van der Waals surface area contributed by atoms with Crippen molar-refractivity contribution in [1.29, 1.82) is 0 Å². The van der Waals surface area contributed by atoms with Gasteiger partial charge in [0.25, 0.3) is 5.56 Å². The third kappa shape index (κ3) is 3.01. The maximum atomic E-state index is 11.4. The second-order valence-corrected chi connectivity index (χ2v) is 5.16. The highest BCUT2D eigenvalue weighted by atomic mass is 35.5. The van der Waals surface area contributed by atoms with Crippen molar-refractivity contribution in [2.24, 2.45) is 0 Å². The van der Waals surface area contributed by atoms with E-state index in [0.717, 1.165) is 19.4 Å². The lowest BCUT2D eigenvalue weighted by Gasteiger charge is -1.98. The summed E-state index contributed by atoms with van der Waals surface area (Å²) in [6, 6.07) is 0. The van der Waals surface area contributed by atoms with Crippen LogP contribution in [0.3, 0.4) is 0 Å².